The van der Waals surface area contributed by atoms with Gasteiger partial charge in [-0.25, -0.2) is 0 Å². The number of nitrogens with one attached hydrogen (secondary N) is 1. The van der Waals surface area contributed by atoms with Gasteiger partial charge in [0.1, 0.15) is 0 Å². The molecule has 1 aliphatic heterocycles. The number of Topliss-reactive ketones (excluding diaryl/α,β-unsaturated/α-hetero) is 1. The number of anilines is 1. The van der Waals surface area contributed by atoms with Crippen LogP contribution in [0.25, 0.3) is 0 Å². The average Bonchev–Trinajstić information content (AvgIpc) is 2.97. The van der Waals surface area contributed by atoms with Gasteiger partial charge < -0.3 is 4.90 Å². The Bertz CT molecular complexity index is 696. The summed E-state index contributed by atoms with van der Waals surface area (Å²) in [6.45, 7) is 2.07. The predicted octanol–water partition coefficient (Wildman–Crippen LogP) is 2.44. The summed E-state index contributed by atoms with van der Waals surface area (Å²) in [7, 11) is 0. The first kappa shape index (κ1) is 13.7. The molecule has 114 valence electrons. The monoisotopic (exact) mass is 317 g/mol. The van der Waals surface area contributed by atoms with Crippen LogP contribution in [-0.2, 0) is 0 Å². The lowest BCUT2D eigenvalue weighted by atomic mass is 10.1. The molecule has 0 unspecified atom stereocenters. The van der Waals surface area contributed by atoms with E-state index in [0.717, 1.165) is 25.2 Å². The highest BCUT2D eigenvalue weighted by Crippen LogP contribution is 2.47. The van der Waals surface area contributed by atoms with E-state index in [-0.39, 0.29) is 17.6 Å². The first-order valence-corrected chi connectivity index (χ1v) is 7.94. The number of H-pyrrole nitrogens is 1. The standard InChI is InChI=1S/C15H16ClN5O/c16-12-7-9(3-4-13(12)21-5-1-2-6-21)14(22)10-8-11(10)15-17-19-20-18-15/h3-4,7,10-11H,1-2,5-6,8H2,(H,17,18,19,20)/t10-,11-/m0/s1. The second-order valence-corrected chi connectivity index (χ2v) is 6.35. The lowest BCUT2D eigenvalue weighted by Crippen LogP contribution is -2.18. The number of aromatic amines is 1. The second-order valence-electron chi connectivity index (χ2n) is 5.94. The number of carbonyl (C=O) groups excluding carboxylic acids is 1. The van der Waals surface area contributed by atoms with Crippen molar-refractivity contribution in [1.82, 2.24) is 20.6 Å². The molecule has 4 rings (SSSR count). The van der Waals surface area contributed by atoms with Crippen LogP contribution in [0, 0.1) is 5.92 Å². The maximum atomic E-state index is 12.5. The molecular formula is C15H16ClN5O. The van der Waals surface area contributed by atoms with Crippen molar-refractivity contribution in [3.63, 3.8) is 0 Å². The molecule has 1 saturated carbocycles. The molecule has 7 heteroatoms. The summed E-state index contributed by atoms with van der Waals surface area (Å²) in [5.41, 5.74) is 1.70. The number of aromatic nitrogens is 4. The van der Waals surface area contributed by atoms with Gasteiger partial charge in [0.15, 0.2) is 11.6 Å². The first-order valence-electron chi connectivity index (χ1n) is 7.56. The minimum absolute atomic E-state index is 0.0497. The Kier molecular flexibility index (Phi) is 3.33. The number of hydrogen-bond donors (Lipinski definition) is 1. The summed E-state index contributed by atoms with van der Waals surface area (Å²) in [6.07, 6.45) is 3.18. The summed E-state index contributed by atoms with van der Waals surface area (Å²) in [6, 6.07) is 5.64. The molecule has 0 radical (unpaired) electrons. The molecule has 2 fully saturated rings. The zero-order valence-corrected chi connectivity index (χ0v) is 12.8. The van der Waals surface area contributed by atoms with Crippen LogP contribution in [0.15, 0.2) is 18.2 Å². The second kappa shape index (κ2) is 5.35. The minimum atomic E-state index is -0.0497. The quantitative estimate of drug-likeness (QED) is 0.877. The van der Waals surface area contributed by atoms with Crippen LogP contribution < -0.4 is 4.90 Å². The Morgan fingerprint density at radius 3 is 2.82 bits per heavy atom. The summed E-state index contributed by atoms with van der Waals surface area (Å²) >= 11 is 6.38. The van der Waals surface area contributed by atoms with Crippen molar-refractivity contribution < 1.29 is 4.79 Å². The predicted molar refractivity (Wildman–Crippen MR) is 82.3 cm³/mol. The SMILES string of the molecule is O=C(c1ccc(N2CCCC2)c(Cl)c1)[C@H]1C[C@@H]1c1nn[nH]n1. The Morgan fingerprint density at radius 1 is 1.32 bits per heavy atom. The highest BCUT2D eigenvalue weighted by atomic mass is 35.5. The van der Waals surface area contributed by atoms with E-state index in [1.54, 1.807) is 6.07 Å². The Balaban J connectivity index is 1.51. The van der Waals surface area contributed by atoms with E-state index < -0.39 is 0 Å². The van der Waals surface area contributed by atoms with Crippen LogP contribution in [0.1, 0.15) is 41.4 Å². The molecular weight excluding hydrogens is 302 g/mol. The van der Waals surface area contributed by atoms with E-state index in [2.05, 4.69) is 25.5 Å². The van der Waals surface area contributed by atoms with Crippen molar-refractivity contribution >= 4 is 23.1 Å². The van der Waals surface area contributed by atoms with Crippen LogP contribution in [0.4, 0.5) is 5.69 Å². The van der Waals surface area contributed by atoms with Gasteiger partial charge in [0, 0.05) is 30.5 Å². The Morgan fingerprint density at radius 2 is 2.14 bits per heavy atom. The summed E-state index contributed by atoms with van der Waals surface area (Å²) < 4.78 is 0. The zero-order valence-electron chi connectivity index (χ0n) is 12.0. The number of nitrogens with zero attached hydrogens (tertiary/aromatic N) is 4. The molecule has 1 aromatic carbocycles. The van der Waals surface area contributed by atoms with E-state index >= 15 is 0 Å². The molecule has 2 atom stereocenters. The van der Waals surface area contributed by atoms with Gasteiger partial charge in [-0.3, -0.25) is 4.79 Å². The maximum absolute atomic E-state index is 12.5. The molecule has 22 heavy (non-hydrogen) atoms. The van der Waals surface area contributed by atoms with Crippen LogP contribution >= 0.6 is 11.6 Å². The van der Waals surface area contributed by atoms with Crippen molar-refractivity contribution in [2.75, 3.05) is 18.0 Å². The molecule has 1 aliphatic carbocycles. The molecule has 1 saturated heterocycles. The Labute approximate surface area is 132 Å². The van der Waals surface area contributed by atoms with Crippen molar-refractivity contribution in [3.05, 3.63) is 34.6 Å². The minimum Gasteiger partial charge on any atom is -0.370 e. The summed E-state index contributed by atoms with van der Waals surface area (Å²) in [5, 5.41) is 14.5. The van der Waals surface area contributed by atoms with Gasteiger partial charge in [0.05, 0.1) is 10.7 Å². The van der Waals surface area contributed by atoms with E-state index in [0.29, 0.717) is 16.4 Å². The molecule has 1 aromatic heterocycles. The van der Waals surface area contributed by atoms with Gasteiger partial charge in [-0.2, -0.15) is 5.21 Å². The third-order valence-electron chi connectivity index (χ3n) is 4.50. The van der Waals surface area contributed by atoms with Crippen molar-refractivity contribution in [2.45, 2.75) is 25.2 Å². The molecule has 0 amide bonds. The number of rotatable bonds is 4. The van der Waals surface area contributed by atoms with E-state index in [1.807, 2.05) is 12.1 Å². The molecule has 2 heterocycles. The maximum Gasteiger partial charge on any atom is 0.178 e. The highest BCUT2D eigenvalue weighted by molar-refractivity contribution is 6.33. The highest BCUT2D eigenvalue weighted by Gasteiger charge is 2.46. The third-order valence-corrected chi connectivity index (χ3v) is 4.80. The number of halogens is 1. The summed E-state index contributed by atoms with van der Waals surface area (Å²) in [4.78, 5) is 14.8. The van der Waals surface area contributed by atoms with E-state index in [4.69, 9.17) is 11.6 Å². The van der Waals surface area contributed by atoms with Crippen LogP contribution in [0.2, 0.25) is 5.02 Å². The molecule has 0 spiro atoms. The van der Waals surface area contributed by atoms with Gasteiger partial charge in [-0.15, -0.1) is 10.2 Å². The van der Waals surface area contributed by atoms with Crippen LogP contribution in [0.3, 0.4) is 0 Å². The van der Waals surface area contributed by atoms with Gasteiger partial charge >= 0.3 is 0 Å². The lowest BCUT2D eigenvalue weighted by molar-refractivity contribution is 0.0965. The topological polar surface area (TPSA) is 74.8 Å². The van der Waals surface area contributed by atoms with Crippen molar-refractivity contribution in [1.29, 1.82) is 0 Å². The molecule has 2 aromatic rings. The fraction of sp³-hybridized carbons (Fsp3) is 0.467. The smallest absolute Gasteiger partial charge is 0.178 e. The largest absolute Gasteiger partial charge is 0.370 e. The Hall–Kier alpha value is -1.95. The molecule has 6 nitrogen and oxygen atoms in total. The molecule has 1 N–H and O–H groups in total. The summed E-state index contributed by atoms with van der Waals surface area (Å²) in [5.74, 6) is 0.775. The van der Waals surface area contributed by atoms with E-state index in [9.17, 15) is 4.79 Å². The van der Waals surface area contributed by atoms with Crippen molar-refractivity contribution in [3.8, 4) is 0 Å². The van der Waals surface area contributed by atoms with Gasteiger partial charge in [-0.05, 0) is 37.5 Å². The van der Waals surface area contributed by atoms with E-state index in [1.165, 1.54) is 12.8 Å². The zero-order chi connectivity index (χ0) is 15.1. The van der Waals surface area contributed by atoms with Gasteiger partial charge in [0.2, 0.25) is 0 Å². The number of benzene rings is 1. The average molecular weight is 318 g/mol. The fourth-order valence-electron chi connectivity index (χ4n) is 3.19. The first-order chi connectivity index (χ1) is 10.7. The number of carbonyl (C=O) groups is 1. The van der Waals surface area contributed by atoms with Gasteiger partial charge in [-0.1, -0.05) is 16.8 Å². The number of hydrogen-bond acceptors (Lipinski definition) is 5. The van der Waals surface area contributed by atoms with Crippen LogP contribution in [-0.4, -0.2) is 39.5 Å². The van der Waals surface area contributed by atoms with Crippen molar-refractivity contribution in [2.24, 2.45) is 5.92 Å². The van der Waals surface area contributed by atoms with Gasteiger partial charge in [0.25, 0.3) is 0 Å². The fourth-order valence-corrected chi connectivity index (χ4v) is 3.49. The number of ketones is 1. The normalized spacial score (nSPS) is 23.8. The lowest BCUT2D eigenvalue weighted by Gasteiger charge is -2.19. The van der Waals surface area contributed by atoms with Crippen LogP contribution in [0.5, 0.6) is 0 Å². The molecule has 0 bridgehead atoms. The number of tetrazole rings is 1. The molecule has 2 aliphatic rings. The third kappa shape index (κ3) is 2.37.